The van der Waals surface area contributed by atoms with Crippen LogP contribution in [-0.4, -0.2) is 22.6 Å². The van der Waals surface area contributed by atoms with E-state index < -0.39 is 23.7 Å². The molecule has 1 aliphatic heterocycles. The molecule has 1 aliphatic rings. The number of hydrogen-bond donors (Lipinski definition) is 1. The molecule has 0 spiro atoms. The van der Waals surface area contributed by atoms with Crippen molar-refractivity contribution in [2.75, 3.05) is 0 Å². The summed E-state index contributed by atoms with van der Waals surface area (Å²) >= 11 is 0. The first kappa shape index (κ1) is 16.8. The van der Waals surface area contributed by atoms with E-state index in [1.54, 1.807) is 51.1 Å². The molecule has 6 heteroatoms. The molecule has 1 amide bonds. The third kappa shape index (κ3) is 2.75. The van der Waals surface area contributed by atoms with Gasteiger partial charge in [0, 0.05) is 12.0 Å². The Bertz CT molecular complexity index is 798. The fraction of sp³-hybridized carbons (Fsp3) is 0.389. The Morgan fingerprint density at radius 1 is 1.17 bits per heavy atom. The lowest BCUT2D eigenvalue weighted by molar-refractivity contribution is -0.203. The minimum atomic E-state index is -4.52. The van der Waals surface area contributed by atoms with Crippen molar-refractivity contribution in [3.8, 4) is 0 Å². The van der Waals surface area contributed by atoms with Crippen molar-refractivity contribution in [2.45, 2.75) is 44.9 Å². The minimum Gasteiger partial charge on any atom is -0.287 e. The Morgan fingerprint density at radius 3 is 2.42 bits per heavy atom. The van der Waals surface area contributed by atoms with E-state index in [9.17, 15) is 18.0 Å². The summed E-state index contributed by atoms with van der Waals surface area (Å²) in [5, 5.41) is 2.36. The number of nitrogens with one attached hydrogen (secondary N) is 1. The smallest absolute Gasteiger partial charge is 0.287 e. The molecule has 1 saturated heterocycles. The van der Waals surface area contributed by atoms with Crippen molar-refractivity contribution in [3.63, 3.8) is 0 Å². The Labute approximate surface area is 138 Å². The molecule has 2 aromatic carbocycles. The predicted molar refractivity (Wildman–Crippen MR) is 86.2 cm³/mol. The Hall–Kier alpha value is -2.08. The SMILES string of the molecule is Cc1ccc2ccccc2c1[C@H](N1NC(=O)CC1(C)C)C(F)(F)F. The average molecular weight is 336 g/mol. The van der Waals surface area contributed by atoms with Crippen LogP contribution in [0.15, 0.2) is 36.4 Å². The third-order valence-electron chi connectivity index (χ3n) is 4.52. The molecular weight excluding hydrogens is 317 g/mol. The molecule has 0 aromatic heterocycles. The quantitative estimate of drug-likeness (QED) is 0.888. The van der Waals surface area contributed by atoms with E-state index in [2.05, 4.69) is 5.43 Å². The molecule has 1 N–H and O–H groups in total. The van der Waals surface area contributed by atoms with E-state index in [1.165, 1.54) is 0 Å². The normalized spacial score (nSPS) is 19.5. The van der Waals surface area contributed by atoms with Gasteiger partial charge in [-0.25, -0.2) is 0 Å². The van der Waals surface area contributed by atoms with Gasteiger partial charge in [-0.3, -0.25) is 10.2 Å². The molecule has 1 atom stereocenters. The fourth-order valence-electron chi connectivity index (χ4n) is 3.42. The number of benzene rings is 2. The number of halogens is 3. The molecule has 3 rings (SSSR count). The van der Waals surface area contributed by atoms with Crippen molar-refractivity contribution in [3.05, 3.63) is 47.5 Å². The standard InChI is InChI=1S/C18H19F3N2O/c1-11-8-9-12-6-4-5-7-13(12)15(11)16(18(19,20)21)23-17(2,3)10-14(24)22-23/h4-9,16H,10H2,1-3H3,(H,22,24)/t16-/m0/s1. The number of rotatable bonds is 2. The van der Waals surface area contributed by atoms with E-state index in [0.717, 1.165) is 10.4 Å². The van der Waals surface area contributed by atoms with E-state index in [0.29, 0.717) is 10.9 Å². The molecule has 128 valence electrons. The molecule has 24 heavy (non-hydrogen) atoms. The van der Waals surface area contributed by atoms with Crippen LogP contribution in [0.1, 0.15) is 37.4 Å². The molecule has 1 heterocycles. The van der Waals surface area contributed by atoms with E-state index in [-0.39, 0.29) is 12.0 Å². The first-order valence-corrected chi connectivity index (χ1v) is 7.75. The molecule has 2 aromatic rings. The number of hydrazine groups is 1. The molecular formula is C18H19F3N2O. The van der Waals surface area contributed by atoms with Gasteiger partial charge in [0.05, 0.1) is 0 Å². The summed E-state index contributed by atoms with van der Waals surface area (Å²) in [5.74, 6) is -0.396. The molecule has 0 unspecified atom stereocenters. The highest BCUT2D eigenvalue weighted by atomic mass is 19.4. The lowest BCUT2D eigenvalue weighted by Crippen LogP contribution is -2.51. The van der Waals surface area contributed by atoms with Crippen LogP contribution in [-0.2, 0) is 4.79 Å². The summed E-state index contributed by atoms with van der Waals surface area (Å²) in [4.78, 5) is 11.8. The summed E-state index contributed by atoms with van der Waals surface area (Å²) in [6, 6.07) is 8.63. The van der Waals surface area contributed by atoms with Gasteiger partial charge in [0.15, 0.2) is 6.04 Å². The first-order chi connectivity index (χ1) is 11.1. The number of carbonyl (C=O) groups excluding carboxylic acids is 1. The number of aryl methyl sites for hydroxylation is 1. The lowest BCUT2D eigenvalue weighted by atomic mass is 9.91. The highest BCUT2D eigenvalue weighted by Crippen LogP contribution is 2.45. The molecule has 0 aliphatic carbocycles. The van der Waals surface area contributed by atoms with Gasteiger partial charge in [-0.2, -0.15) is 18.2 Å². The van der Waals surface area contributed by atoms with E-state index in [4.69, 9.17) is 0 Å². The van der Waals surface area contributed by atoms with Crippen LogP contribution in [0.4, 0.5) is 13.2 Å². The zero-order valence-electron chi connectivity index (χ0n) is 13.7. The van der Waals surface area contributed by atoms with Crippen molar-refractivity contribution in [1.82, 2.24) is 10.4 Å². The number of nitrogens with zero attached hydrogens (tertiary/aromatic N) is 1. The summed E-state index contributed by atoms with van der Waals surface area (Å²) in [7, 11) is 0. The van der Waals surface area contributed by atoms with Crippen LogP contribution in [0.2, 0.25) is 0 Å². The fourth-order valence-corrected chi connectivity index (χ4v) is 3.42. The first-order valence-electron chi connectivity index (χ1n) is 7.75. The lowest BCUT2D eigenvalue weighted by Gasteiger charge is -2.39. The molecule has 0 radical (unpaired) electrons. The number of amides is 1. The highest BCUT2D eigenvalue weighted by Gasteiger charge is 2.53. The van der Waals surface area contributed by atoms with Crippen LogP contribution < -0.4 is 5.43 Å². The maximum atomic E-state index is 14.0. The van der Waals surface area contributed by atoms with Crippen molar-refractivity contribution in [2.24, 2.45) is 0 Å². The maximum Gasteiger partial charge on any atom is 0.409 e. The van der Waals surface area contributed by atoms with Crippen LogP contribution >= 0.6 is 0 Å². The Balaban J connectivity index is 2.26. The average Bonchev–Trinajstić information content (AvgIpc) is 2.73. The largest absolute Gasteiger partial charge is 0.409 e. The second kappa shape index (κ2) is 5.48. The van der Waals surface area contributed by atoms with Gasteiger partial charge in [0.1, 0.15) is 0 Å². The molecule has 1 fully saturated rings. The number of alkyl halides is 3. The number of hydrogen-bond acceptors (Lipinski definition) is 2. The molecule has 3 nitrogen and oxygen atoms in total. The van der Waals surface area contributed by atoms with Gasteiger partial charge in [-0.1, -0.05) is 36.4 Å². The Morgan fingerprint density at radius 2 is 1.83 bits per heavy atom. The predicted octanol–water partition coefficient (Wildman–Crippen LogP) is 4.27. The van der Waals surface area contributed by atoms with Gasteiger partial charge in [0.25, 0.3) is 0 Å². The van der Waals surface area contributed by atoms with E-state index in [1.807, 2.05) is 6.07 Å². The van der Waals surface area contributed by atoms with Crippen LogP contribution in [0, 0.1) is 6.92 Å². The van der Waals surface area contributed by atoms with Gasteiger partial charge in [-0.15, -0.1) is 0 Å². The van der Waals surface area contributed by atoms with Gasteiger partial charge in [0.2, 0.25) is 5.91 Å². The van der Waals surface area contributed by atoms with Crippen molar-refractivity contribution < 1.29 is 18.0 Å². The second-order valence-electron chi connectivity index (χ2n) is 6.86. The van der Waals surface area contributed by atoms with Gasteiger partial charge >= 0.3 is 6.18 Å². The van der Waals surface area contributed by atoms with Gasteiger partial charge < -0.3 is 0 Å². The zero-order valence-corrected chi connectivity index (χ0v) is 13.7. The van der Waals surface area contributed by atoms with Crippen LogP contribution in [0.3, 0.4) is 0 Å². The summed E-state index contributed by atoms with van der Waals surface area (Å²) in [6.07, 6.45) is -4.49. The molecule has 0 bridgehead atoms. The van der Waals surface area contributed by atoms with Crippen LogP contribution in [0.5, 0.6) is 0 Å². The topological polar surface area (TPSA) is 32.3 Å². The minimum absolute atomic E-state index is 0.0311. The maximum absolute atomic E-state index is 14.0. The number of carbonyl (C=O) groups is 1. The van der Waals surface area contributed by atoms with Crippen molar-refractivity contribution >= 4 is 16.7 Å². The monoisotopic (exact) mass is 336 g/mol. The van der Waals surface area contributed by atoms with Gasteiger partial charge in [-0.05, 0) is 42.7 Å². The zero-order chi connectivity index (χ0) is 17.7. The molecule has 0 saturated carbocycles. The van der Waals surface area contributed by atoms with Crippen LogP contribution in [0.25, 0.3) is 10.8 Å². The van der Waals surface area contributed by atoms with E-state index >= 15 is 0 Å². The number of fused-ring (bicyclic) bond motifs is 1. The summed E-state index contributed by atoms with van der Waals surface area (Å²) < 4.78 is 42.1. The summed E-state index contributed by atoms with van der Waals surface area (Å²) in [5.41, 5.74) is 2.23. The summed E-state index contributed by atoms with van der Waals surface area (Å²) in [6.45, 7) is 4.96. The highest BCUT2D eigenvalue weighted by molar-refractivity contribution is 5.87. The van der Waals surface area contributed by atoms with Crippen molar-refractivity contribution in [1.29, 1.82) is 0 Å². The Kier molecular flexibility index (Phi) is 3.83. The second-order valence-corrected chi connectivity index (χ2v) is 6.86. The third-order valence-corrected chi connectivity index (χ3v) is 4.52.